The minimum Gasteiger partial charge on any atom is -0.213 e. The molecule has 6 heteroatoms. The molecule has 4 nitrogen and oxygen atoms in total. The Bertz CT molecular complexity index is 469. The molecule has 1 aromatic rings. The fourth-order valence-corrected chi connectivity index (χ4v) is 2.88. The molecule has 1 rings (SSSR count). The average Bonchev–Trinajstić information content (AvgIpc) is 2.68. The first-order chi connectivity index (χ1) is 7.37. The van der Waals surface area contributed by atoms with Gasteiger partial charge in [-0.05, 0) is 11.4 Å². The van der Waals surface area contributed by atoms with E-state index in [0.717, 1.165) is 4.88 Å². The van der Waals surface area contributed by atoms with Gasteiger partial charge in [0.05, 0.1) is 6.07 Å². The molecule has 0 saturated heterocycles. The largest absolute Gasteiger partial charge is 0.225 e. The zero-order valence-electron chi connectivity index (χ0n) is 9.23. The van der Waals surface area contributed by atoms with E-state index in [-0.39, 0.29) is 5.41 Å². The van der Waals surface area contributed by atoms with Crippen LogP contribution < -0.4 is 4.72 Å². The molecule has 0 aromatic carbocycles. The molecule has 0 spiro atoms. The van der Waals surface area contributed by atoms with Crippen LogP contribution in [0, 0.1) is 11.3 Å². The number of sulfonamides is 1. The summed E-state index contributed by atoms with van der Waals surface area (Å²) in [4.78, 5) is 1.12. The van der Waals surface area contributed by atoms with Gasteiger partial charge in [0.2, 0.25) is 10.0 Å². The highest BCUT2D eigenvalue weighted by atomic mass is 32.2. The van der Waals surface area contributed by atoms with Crippen molar-refractivity contribution in [2.75, 3.05) is 12.3 Å². The second kappa shape index (κ2) is 4.95. The molecular weight excluding hydrogens is 244 g/mol. The molecule has 0 aliphatic rings. The summed E-state index contributed by atoms with van der Waals surface area (Å²) >= 11 is 1.59. The summed E-state index contributed by atoms with van der Waals surface area (Å²) < 4.78 is 25.1. The number of hydrogen-bond acceptors (Lipinski definition) is 4. The van der Waals surface area contributed by atoms with Crippen molar-refractivity contribution < 1.29 is 8.42 Å². The standard InChI is InChI=1S/C10H14N2O2S2/c1-10(2,9-4-3-6-15-9)8-12-16(13,14)7-5-11/h3-4,6,12H,7-8H2,1-2H3. The highest BCUT2D eigenvalue weighted by Crippen LogP contribution is 2.26. The molecule has 0 radical (unpaired) electrons. The number of thiophene rings is 1. The lowest BCUT2D eigenvalue weighted by molar-refractivity contribution is 0.510. The molecule has 88 valence electrons. The van der Waals surface area contributed by atoms with E-state index in [4.69, 9.17) is 5.26 Å². The summed E-state index contributed by atoms with van der Waals surface area (Å²) in [6.45, 7) is 4.24. The van der Waals surface area contributed by atoms with Crippen molar-refractivity contribution in [2.24, 2.45) is 0 Å². The van der Waals surface area contributed by atoms with E-state index in [0.29, 0.717) is 6.54 Å². The molecule has 0 unspecified atom stereocenters. The molecule has 0 bridgehead atoms. The minimum absolute atomic E-state index is 0.253. The third-order valence-corrected chi connectivity index (χ3v) is 4.51. The molecule has 0 fully saturated rings. The summed E-state index contributed by atoms with van der Waals surface area (Å²) in [5.74, 6) is -0.493. The van der Waals surface area contributed by atoms with Crippen molar-refractivity contribution in [2.45, 2.75) is 19.3 Å². The maximum Gasteiger partial charge on any atom is 0.225 e. The van der Waals surface area contributed by atoms with Crippen LogP contribution in [0.1, 0.15) is 18.7 Å². The van der Waals surface area contributed by atoms with Gasteiger partial charge >= 0.3 is 0 Å². The Morgan fingerprint density at radius 2 is 2.25 bits per heavy atom. The number of hydrogen-bond donors (Lipinski definition) is 1. The van der Waals surface area contributed by atoms with Crippen molar-refractivity contribution in [3.8, 4) is 6.07 Å². The Balaban J connectivity index is 2.66. The van der Waals surface area contributed by atoms with E-state index in [2.05, 4.69) is 4.72 Å². The Labute approximate surface area is 100.0 Å². The Kier molecular flexibility index (Phi) is 4.08. The van der Waals surface area contributed by atoms with E-state index >= 15 is 0 Å². The molecular formula is C10H14N2O2S2. The lowest BCUT2D eigenvalue weighted by atomic mass is 9.92. The Morgan fingerprint density at radius 3 is 2.75 bits per heavy atom. The predicted octanol–water partition coefficient (Wildman–Crippen LogP) is 1.47. The summed E-state index contributed by atoms with van der Waals surface area (Å²) in [5, 5.41) is 10.3. The maximum atomic E-state index is 11.3. The van der Waals surface area contributed by atoms with Gasteiger partial charge in [-0.3, -0.25) is 0 Å². The fourth-order valence-electron chi connectivity index (χ4n) is 1.18. The monoisotopic (exact) mass is 258 g/mol. The molecule has 1 heterocycles. The van der Waals surface area contributed by atoms with Crippen molar-refractivity contribution in [1.29, 1.82) is 5.26 Å². The number of nitrogens with zero attached hydrogens (tertiary/aromatic N) is 1. The Morgan fingerprint density at radius 1 is 1.56 bits per heavy atom. The smallest absolute Gasteiger partial charge is 0.213 e. The van der Waals surface area contributed by atoms with Crippen LogP contribution in [0.2, 0.25) is 0 Å². The van der Waals surface area contributed by atoms with Crippen LogP contribution in [0.5, 0.6) is 0 Å². The van der Waals surface area contributed by atoms with E-state index in [1.807, 2.05) is 31.4 Å². The van der Waals surface area contributed by atoms with Crippen LogP contribution in [-0.2, 0) is 15.4 Å². The van der Waals surface area contributed by atoms with Gasteiger partial charge in [-0.15, -0.1) is 11.3 Å². The van der Waals surface area contributed by atoms with Crippen molar-refractivity contribution in [3.63, 3.8) is 0 Å². The summed E-state index contributed by atoms with van der Waals surface area (Å²) in [7, 11) is -3.46. The number of nitriles is 1. The molecule has 0 aliphatic heterocycles. The maximum absolute atomic E-state index is 11.3. The SMILES string of the molecule is CC(C)(CNS(=O)(=O)CC#N)c1cccs1. The lowest BCUT2D eigenvalue weighted by Gasteiger charge is -2.23. The fraction of sp³-hybridized carbons (Fsp3) is 0.500. The topological polar surface area (TPSA) is 70.0 Å². The molecule has 0 amide bonds. The van der Waals surface area contributed by atoms with Gasteiger partial charge in [0.15, 0.2) is 5.75 Å². The zero-order chi connectivity index (χ0) is 12.2. The van der Waals surface area contributed by atoms with Crippen molar-refractivity contribution in [3.05, 3.63) is 22.4 Å². The van der Waals surface area contributed by atoms with Crippen molar-refractivity contribution in [1.82, 2.24) is 4.72 Å². The molecule has 0 aliphatic carbocycles. The highest BCUT2D eigenvalue weighted by Gasteiger charge is 2.23. The summed E-state index contributed by atoms with van der Waals surface area (Å²) in [6, 6.07) is 5.54. The van der Waals surface area contributed by atoms with E-state index < -0.39 is 15.8 Å². The van der Waals surface area contributed by atoms with Crippen LogP contribution in [0.15, 0.2) is 17.5 Å². The second-order valence-electron chi connectivity index (χ2n) is 4.10. The zero-order valence-corrected chi connectivity index (χ0v) is 10.9. The molecule has 0 saturated carbocycles. The van der Waals surface area contributed by atoms with Gasteiger partial charge < -0.3 is 0 Å². The van der Waals surface area contributed by atoms with Crippen LogP contribution in [-0.4, -0.2) is 20.7 Å². The van der Waals surface area contributed by atoms with Gasteiger partial charge in [-0.1, -0.05) is 19.9 Å². The second-order valence-corrected chi connectivity index (χ2v) is 6.85. The van der Waals surface area contributed by atoms with E-state index in [1.54, 1.807) is 17.4 Å². The minimum atomic E-state index is -3.46. The number of nitrogens with one attached hydrogen (secondary N) is 1. The normalized spacial score (nSPS) is 12.3. The van der Waals surface area contributed by atoms with Crippen LogP contribution in [0.25, 0.3) is 0 Å². The van der Waals surface area contributed by atoms with Crippen molar-refractivity contribution >= 4 is 21.4 Å². The first-order valence-electron chi connectivity index (χ1n) is 4.76. The van der Waals surface area contributed by atoms with E-state index in [9.17, 15) is 8.42 Å². The van der Waals surface area contributed by atoms with Gasteiger partial charge in [0.1, 0.15) is 0 Å². The Hall–Kier alpha value is -0.900. The first-order valence-corrected chi connectivity index (χ1v) is 7.29. The molecule has 1 aromatic heterocycles. The average molecular weight is 258 g/mol. The van der Waals surface area contributed by atoms with E-state index in [1.165, 1.54) is 0 Å². The van der Waals surface area contributed by atoms with Gasteiger partial charge in [0, 0.05) is 16.8 Å². The third-order valence-electron chi connectivity index (χ3n) is 2.18. The van der Waals surface area contributed by atoms with Gasteiger partial charge in [0.25, 0.3) is 0 Å². The molecule has 1 N–H and O–H groups in total. The highest BCUT2D eigenvalue weighted by molar-refractivity contribution is 7.89. The lowest BCUT2D eigenvalue weighted by Crippen LogP contribution is -2.37. The molecule has 0 atom stereocenters. The van der Waals surface area contributed by atoms with Gasteiger partial charge in [-0.25, -0.2) is 13.1 Å². The van der Waals surface area contributed by atoms with Crippen LogP contribution in [0.4, 0.5) is 0 Å². The number of rotatable bonds is 5. The summed E-state index contributed by atoms with van der Waals surface area (Å²) in [5.41, 5.74) is -0.253. The first kappa shape index (κ1) is 13.2. The third kappa shape index (κ3) is 3.59. The predicted molar refractivity (Wildman–Crippen MR) is 64.7 cm³/mol. The molecule has 16 heavy (non-hydrogen) atoms. The van der Waals surface area contributed by atoms with Gasteiger partial charge in [-0.2, -0.15) is 5.26 Å². The quantitative estimate of drug-likeness (QED) is 0.869. The van der Waals surface area contributed by atoms with Crippen LogP contribution in [0.3, 0.4) is 0 Å². The summed E-state index contributed by atoms with van der Waals surface area (Å²) in [6.07, 6.45) is 0. The van der Waals surface area contributed by atoms with Crippen LogP contribution >= 0.6 is 11.3 Å².